The van der Waals surface area contributed by atoms with Crippen molar-refractivity contribution in [1.29, 1.82) is 0 Å². The first kappa shape index (κ1) is 9.26. The largest absolute Gasteiger partial charge is 0.501 e. The number of ether oxygens (including phenoxy) is 1. The van der Waals surface area contributed by atoms with E-state index in [-0.39, 0.29) is 5.78 Å². The summed E-state index contributed by atoms with van der Waals surface area (Å²) < 4.78 is 5.08. The molecule has 3 nitrogen and oxygen atoms in total. The molecule has 0 aromatic heterocycles. The van der Waals surface area contributed by atoms with E-state index < -0.39 is 0 Å². The normalized spacial score (nSPS) is 17.1. The summed E-state index contributed by atoms with van der Waals surface area (Å²) in [6.07, 6.45) is 3.44. The Bertz CT molecular complexity index is 197. The van der Waals surface area contributed by atoms with Crippen LogP contribution in [0.2, 0.25) is 0 Å². The topological polar surface area (TPSA) is 29.5 Å². The number of Topliss-reactive ketones (excluding diaryl/α,β-unsaturated/α-hetero) is 1. The zero-order valence-electron chi connectivity index (χ0n) is 7.67. The van der Waals surface area contributed by atoms with Gasteiger partial charge in [0.1, 0.15) is 0 Å². The Balaban J connectivity index is 2.45. The van der Waals surface area contributed by atoms with Gasteiger partial charge in [-0.3, -0.25) is 4.79 Å². The van der Waals surface area contributed by atoms with Gasteiger partial charge in [0.05, 0.1) is 19.4 Å². The zero-order chi connectivity index (χ0) is 8.97. The Kier molecular flexibility index (Phi) is 3.29. The maximum Gasteiger partial charge on any atom is 0.175 e. The van der Waals surface area contributed by atoms with Crippen molar-refractivity contribution in [1.82, 2.24) is 4.90 Å². The van der Waals surface area contributed by atoms with Gasteiger partial charge in [-0.2, -0.15) is 0 Å². The van der Waals surface area contributed by atoms with Crippen LogP contribution in [0.1, 0.15) is 12.8 Å². The second-order valence-corrected chi connectivity index (χ2v) is 3.28. The second-order valence-electron chi connectivity index (χ2n) is 3.28. The van der Waals surface area contributed by atoms with Crippen molar-refractivity contribution in [3.63, 3.8) is 0 Å². The highest BCUT2D eigenvalue weighted by Crippen LogP contribution is 2.12. The van der Waals surface area contributed by atoms with Crippen LogP contribution in [0.15, 0.2) is 11.8 Å². The van der Waals surface area contributed by atoms with E-state index >= 15 is 0 Å². The summed E-state index contributed by atoms with van der Waals surface area (Å²) in [4.78, 5) is 13.3. The van der Waals surface area contributed by atoms with Crippen molar-refractivity contribution in [3.05, 3.63) is 11.8 Å². The standard InChI is InChI=1S/C9H15NO2/c1-10(2)6-9(11)8-4-3-5-12-7-8/h7H,3-6H2,1-2H3. The maximum atomic E-state index is 11.4. The van der Waals surface area contributed by atoms with Crippen LogP contribution in [0.4, 0.5) is 0 Å². The summed E-state index contributed by atoms with van der Waals surface area (Å²) in [5.74, 6) is 0.180. The van der Waals surface area contributed by atoms with E-state index in [1.54, 1.807) is 6.26 Å². The SMILES string of the molecule is CN(C)CC(=O)C1=COCCC1. The number of nitrogens with zero attached hydrogens (tertiary/aromatic N) is 1. The first-order valence-electron chi connectivity index (χ1n) is 4.18. The lowest BCUT2D eigenvalue weighted by atomic mass is 10.1. The van der Waals surface area contributed by atoms with Crippen molar-refractivity contribution in [2.24, 2.45) is 0 Å². The molecule has 0 unspecified atom stereocenters. The van der Waals surface area contributed by atoms with Crippen molar-refractivity contribution in [2.75, 3.05) is 27.2 Å². The van der Waals surface area contributed by atoms with Crippen molar-refractivity contribution < 1.29 is 9.53 Å². The van der Waals surface area contributed by atoms with Gasteiger partial charge >= 0.3 is 0 Å². The molecular formula is C9H15NO2. The molecule has 0 bridgehead atoms. The lowest BCUT2D eigenvalue weighted by Crippen LogP contribution is -2.24. The summed E-state index contributed by atoms with van der Waals surface area (Å²) in [5, 5.41) is 0. The van der Waals surface area contributed by atoms with E-state index in [4.69, 9.17) is 4.74 Å². The molecule has 0 fully saturated rings. The summed E-state index contributed by atoms with van der Waals surface area (Å²) in [6, 6.07) is 0. The molecule has 12 heavy (non-hydrogen) atoms. The number of hydrogen-bond donors (Lipinski definition) is 0. The quantitative estimate of drug-likeness (QED) is 0.626. The Labute approximate surface area is 73.0 Å². The fourth-order valence-electron chi connectivity index (χ4n) is 1.16. The van der Waals surface area contributed by atoms with E-state index in [1.807, 2.05) is 19.0 Å². The molecule has 1 heterocycles. The van der Waals surface area contributed by atoms with Gasteiger partial charge in [0.15, 0.2) is 5.78 Å². The minimum atomic E-state index is 0.180. The molecule has 0 aromatic rings. The molecule has 68 valence electrons. The Hall–Kier alpha value is -0.830. The third kappa shape index (κ3) is 2.66. The molecule has 0 radical (unpaired) electrons. The molecule has 0 atom stereocenters. The van der Waals surface area contributed by atoms with Crippen molar-refractivity contribution in [2.45, 2.75) is 12.8 Å². The molecule has 0 spiro atoms. The molecule has 0 saturated heterocycles. The van der Waals surface area contributed by atoms with Crippen LogP contribution < -0.4 is 0 Å². The smallest absolute Gasteiger partial charge is 0.175 e. The molecule has 0 aliphatic carbocycles. The van der Waals surface area contributed by atoms with Crippen LogP contribution in [0.25, 0.3) is 0 Å². The zero-order valence-corrected chi connectivity index (χ0v) is 7.67. The summed E-state index contributed by atoms with van der Waals surface area (Å²) in [7, 11) is 3.78. The number of hydrogen-bond acceptors (Lipinski definition) is 3. The number of carbonyl (C=O) groups excluding carboxylic acids is 1. The summed E-state index contributed by atoms with van der Waals surface area (Å²) in [5.41, 5.74) is 0.829. The predicted octanol–water partition coefficient (Wildman–Crippen LogP) is 0.811. The minimum absolute atomic E-state index is 0.180. The molecular weight excluding hydrogens is 154 g/mol. The monoisotopic (exact) mass is 169 g/mol. The lowest BCUT2D eigenvalue weighted by Gasteiger charge is -2.14. The van der Waals surface area contributed by atoms with Gasteiger partial charge in [0.2, 0.25) is 0 Å². The van der Waals surface area contributed by atoms with Gasteiger partial charge in [-0.1, -0.05) is 0 Å². The van der Waals surface area contributed by atoms with Crippen molar-refractivity contribution in [3.8, 4) is 0 Å². The Morgan fingerprint density at radius 2 is 2.42 bits per heavy atom. The molecule has 0 amide bonds. The van der Waals surface area contributed by atoms with Gasteiger partial charge in [-0.15, -0.1) is 0 Å². The van der Waals surface area contributed by atoms with Crippen LogP contribution in [0.3, 0.4) is 0 Å². The van der Waals surface area contributed by atoms with E-state index in [9.17, 15) is 4.79 Å². The summed E-state index contributed by atoms with van der Waals surface area (Å²) in [6.45, 7) is 1.23. The second kappa shape index (κ2) is 4.26. The third-order valence-electron chi connectivity index (χ3n) is 1.75. The molecule has 0 saturated carbocycles. The van der Waals surface area contributed by atoms with E-state index in [0.29, 0.717) is 6.54 Å². The van der Waals surface area contributed by atoms with Gasteiger partial charge in [-0.05, 0) is 26.9 Å². The van der Waals surface area contributed by atoms with Crippen LogP contribution in [0, 0.1) is 0 Å². The van der Waals surface area contributed by atoms with Crippen LogP contribution >= 0.6 is 0 Å². The van der Waals surface area contributed by atoms with Crippen LogP contribution in [-0.2, 0) is 9.53 Å². The maximum absolute atomic E-state index is 11.4. The average molecular weight is 169 g/mol. The van der Waals surface area contributed by atoms with Gasteiger partial charge in [0, 0.05) is 5.57 Å². The minimum Gasteiger partial charge on any atom is -0.501 e. The van der Waals surface area contributed by atoms with Gasteiger partial charge in [0.25, 0.3) is 0 Å². The average Bonchev–Trinajstić information content (AvgIpc) is 2.05. The first-order valence-corrected chi connectivity index (χ1v) is 4.18. The highest BCUT2D eigenvalue weighted by atomic mass is 16.5. The van der Waals surface area contributed by atoms with E-state index in [2.05, 4.69) is 0 Å². The molecule has 0 N–H and O–H groups in total. The fraction of sp³-hybridized carbons (Fsp3) is 0.667. The first-order chi connectivity index (χ1) is 5.70. The lowest BCUT2D eigenvalue weighted by molar-refractivity contribution is -0.116. The number of likely N-dealkylation sites (N-methyl/N-ethyl adjacent to an activating group) is 1. The molecule has 1 aliphatic heterocycles. The highest BCUT2D eigenvalue weighted by Gasteiger charge is 2.13. The number of rotatable bonds is 3. The van der Waals surface area contributed by atoms with Gasteiger partial charge in [-0.25, -0.2) is 0 Å². The molecule has 1 aliphatic rings. The Morgan fingerprint density at radius 3 is 2.92 bits per heavy atom. The molecule has 1 rings (SSSR count). The van der Waals surface area contributed by atoms with Crippen LogP contribution in [0.5, 0.6) is 0 Å². The molecule has 0 aromatic carbocycles. The van der Waals surface area contributed by atoms with Crippen LogP contribution in [-0.4, -0.2) is 37.9 Å². The van der Waals surface area contributed by atoms with Crippen molar-refractivity contribution >= 4 is 5.78 Å². The predicted molar refractivity (Wildman–Crippen MR) is 46.8 cm³/mol. The van der Waals surface area contributed by atoms with E-state index in [1.165, 1.54) is 0 Å². The summed E-state index contributed by atoms with van der Waals surface area (Å²) >= 11 is 0. The molecule has 3 heteroatoms. The fourth-order valence-corrected chi connectivity index (χ4v) is 1.16. The third-order valence-corrected chi connectivity index (χ3v) is 1.75. The van der Waals surface area contributed by atoms with Gasteiger partial charge < -0.3 is 9.64 Å². The highest BCUT2D eigenvalue weighted by molar-refractivity contribution is 5.96. The number of ketones is 1. The Morgan fingerprint density at radius 1 is 1.67 bits per heavy atom. The van der Waals surface area contributed by atoms with E-state index in [0.717, 1.165) is 25.0 Å². The number of carbonyl (C=O) groups is 1.